The molecule has 0 bridgehead atoms. The van der Waals surface area contributed by atoms with Crippen LogP contribution in [0.3, 0.4) is 0 Å². The van der Waals surface area contributed by atoms with Crippen molar-refractivity contribution in [3.8, 4) is 0 Å². The number of benzene rings is 1. The van der Waals surface area contributed by atoms with E-state index in [1.165, 1.54) is 16.0 Å². The second-order valence-electron chi connectivity index (χ2n) is 6.68. The summed E-state index contributed by atoms with van der Waals surface area (Å²) in [5.41, 5.74) is 2.67. The Morgan fingerprint density at radius 1 is 1.42 bits per heavy atom. The fourth-order valence-corrected chi connectivity index (χ4v) is 3.83. The van der Waals surface area contributed by atoms with E-state index in [0.29, 0.717) is 6.61 Å². The van der Waals surface area contributed by atoms with Gasteiger partial charge < -0.3 is 9.84 Å². The van der Waals surface area contributed by atoms with E-state index in [9.17, 15) is 9.90 Å². The molecule has 0 saturated carbocycles. The smallest absolute Gasteiger partial charge is 0.308 e. The SMILES string of the molecule is CCCCOC(=O)CC(O)C1CCc2cc(SN(C)C)ccc2C1. The Balaban J connectivity index is 1.88. The maximum absolute atomic E-state index is 11.8. The summed E-state index contributed by atoms with van der Waals surface area (Å²) in [4.78, 5) is 13.0. The lowest BCUT2D eigenvalue weighted by Gasteiger charge is -2.28. The van der Waals surface area contributed by atoms with Crippen LogP contribution in [0.4, 0.5) is 0 Å². The molecule has 1 aliphatic carbocycles. The van der Waals surface area contributed by atoms with Crippen molar-refractivity contribution in [3.05, 3.63) is 29.3 Å². The zero-order valence-electron chi connectivity index (χ0n) is 15.0. The Morgan fingerprint density at radius 2 is 2.21 bits per heavy atom. The largest absolute Gasteiger partial charge is 0.466 e. The molecule has 4 nitrogen and oxygen atoms in total. The fourth-order valence-electron chi connectivity index (χ4n) is 3.08. The topological polar surface area (TPSA) is 49.8 Å². The van der Waals surface area contributed by atoms with Crippen molar-refractivity contribution < 1.29 is 14.6 Å². The highest BCUT2D eigenvalue weighted by molar-refractivity contribution is 7.97. The minimum absolute atomic E-state index is 0.109. The van der Waals surface area contributed by atoms with Crippen LogP contribution >= 0.6 is 11.9 Å². The molecule has 0 aromatic heterocycles. The van der Waals surface area contributed by atoms with Gasteiger partial charge >= 0.3 is 5.97 Å². The van der Waals surface area contributed by atoms with Crippen LogP contribution in [0.25, 0.3) is 0 Å². The summed E-state index contributed by atoms with van der Waals surface area (Å²) in [6.07, 6.45) is 4.11. The van der Waals surface area contributed by atoms with E-state index in [1.807, 2.05) is 14.1 Å². The van der Waals surface area contributed by atoms with Gasteiger partial charge in [0.1, 0.15) is 0 Å². The molecule has 24 heavy (non-hydrogen) atoms. The lowest BCUT2D eigenvalue weighted by molar-refractivity contribution is -0.146. The zero-order chi connectivity index (χ0) is 17.5. The third kappa shape index (κ3) is 5.80. The second kappa shape index (κ2) is 9.44. The van der Waals surface area contributed by atoms with Crippen molar-refractivity contribution in [1.82, 2.24) is 4.31 Å². The molecule has 0 amide bonds. The van der Waals surface area contributed by atoms with E-state index < -0.39 is 6.10 Å². The minimum atomic E-state index is -0.608. The van der Waals surface area contributed by atoms with Crippen molar-refractivity contribution >= 4 is 17.9 Å². The number of ether oxygens (including phenoxy) is 1. The van der Waals surface area contributed by atoms with Gasteiger partial charge in [-0.05, 0) is 80.9 Å². The summed E-state index contributed by atoms with van der Waals surface area (Å²) >= 11 is 1.72. The molecular formula is C19H29NO3S. The monoisotopic (exact) mass is 351 g/mol. The van der Waals surface area contributed by atoms with Crippen LogP contribution in [0.2, 0.25) is 0 Å². The van der Waals surface area contributed by atoms with Crippen molar-refractivity contribution in [3.63, 3.8) is 0 Å². The van der Waals surface area contributed by atoms with Crippen molar-refractivity contribution in [1.29, 1.82) is 0 Å². The third-order valence-electron chi connectivity index (χ3n) is 4.41. The molecular weight excluding hydrogens is 322 g/mol. The van der Waals surface area contributed by atoms with Crippen LogP contribution in [0.15, 0.2) is 23.1 Å². The maximum atomic E-state index is 11.8. The van der Waals surface area contributed by atoms with Gasteiger partial charge in [0.15, 0.2) is 0 Å². The fraction of sp³-hybridized carbons (Fsp3) is 0.632. The van der Waals surface area contributed by atoms with Crippen molar-refractivity contribution in [2.75, 3.05) is 20.7 Å². The average Bonchev–Trinajstić information content (AvgIpc) is 2.54. The molecule has 134 valence electrons. The first-order chi connectivity index (χ1) is 11.5. The molecule has 1 aliphatic rings. The quantitative estimate of drug-likeness (QED) is 0.442. The molecule has 2 atom stereocenters. The average molecular weight is 352 g/mol. The summed E-state index contributed by atoms with van der Waals surface area (Å²) in [5, 5.41) is 10.4. The Kier molecular flexibility index (Phi) is 7.59. The number of carbonyl (C=O) groups excluding carboxylic acids is 1. The van der Waals surface area contributed by atoms with Gasteiger partial charge in [-0.15, -0.1) is 0 Å². The molecule has 0 heterocycles. The first-order valence-corrected chi connectivity index (χ1v) is 9.57. The first-order valence-electron chi connectivity index (χ1n) is 8.80. The van der Waals surface area contributed by atoms with Crippen LogP contribution in [-0.4, -0.2) is 42.2 Å². The molecule has 0 saturated heterocycles. The van der Waals surface area contributed by atoms with Crippen molar-refractivity contribution in [2.45, 2.75) is 56.4 Å². The highest BCUT2D eigenvalue weighted by atomic mass is 32.2. The highest BCUT2D eigenvalue weighted by Crippen LogP contribution is 2.32. The molecule has 1 aromatic rings. The van der Waals surface area contributed by atoms with Crippen molar-refractivity contribution in [2.24, 2.45) is 5.92 Å². The highest BCUT2D eigenvalue weighted by Gasteiger charge is 2.27. The molecule has 0 fully saturated rings. The molecule has 2 rings (SSSR count). The summed E-state index contributed by atoms with van der Waals surface area (Å²) in [7, 11) is 4.08. The summed E-state index contributed by atoms with van der Waals surface area (Å²) in [6, 6.07) is 6.55. The van der Waals surface area contributed by atoms with Gasteiger partial charge in [-0.3, -0.25) is 9.10 Å². The van der Waals surface area contributed by atoms with E-state index in [0.717, 1.165) is 32.1 Å². The van der Waals surface area contributed by atoms with Gasteiger partial charge in [-0.2, -0.15) is 0 Å². The van der Waals surface area contributed by atoms with Gasteiger partial charge in [0.05, 0.1) is 19.1 Å². The van der Waals surface area contributed by atoms with Gasteiger partial charge in [-0.25, -0.2) is 0 Å². The number of carbonyl (C=O) groups is 1. The number of esters is 1. The van der Waals surface area contributed by atoms with Crippen LogP contribution < -0.4 is 0 Å². The number of nitrogens with zero attached hydrogens (tertiary/aromatic N) is 1. The van der Waals surface area contributed by atoms with Crippen LogP contribution in [0.5, 0.6) is 0 Å². The number of unbranched alkanes of at least 4 members (excludes halogenated alkanes) is 1. The maximum Gasteiger partial charge on any atom is 0.308 e. The van der Waals surface area contributed by atoms with E-state index >= 15 is 0 Å². The van der Waals surface area contributed by atoms with E-state index in [1.54, 1.807) is 11.9 Å². The lowest BCUT2D eigenvalue weighted by atomic mass is 9.80. The Bertz CT molecular complexity index is 547. The Labute approximate surface area is 149 Å². The van der Waals surface area contributed by atoms with Gasteiger partial charge in [0.25, 0.3) is 0 Å². The lowest BCUT2D eigenvalue weighted by Crippen LogP contribution is -2.29. The van der Waals surface area contributed by atoms with Gasteiger partial charge in [0.2, 0.25) is 0 Å². The predicted molar refractivity (Wildman–Crippen MR) is 98.0 cm³/mol. The Morgan fingerprint density at radius 3 is 2.92 bits per heavy atom. The molecule has 0 aliphatic heterocycles. The number of fused-ring (bicyclic) bond motifs is 1. The third-order valence-corrected chi connectivity index (χ3v) is 5.24. The standard InChI is InChI=1S/C19H29NO3S/c1-4-5-10-23-19(22)13-18(21)16-7-6-15-12-17(24-20(2)3)9-8-14(15)11-16/h8-9,12,16,18,21H,4-7,10-11,13H2,1-3H3. The number of hydrogen-bond donors (Lipinski definition) is 1. The van der Waals surface area contributed by atoms with Crippen LogP contribution in [-0.2, 0) is 22.4 Å². The zero-order valence-corrected chi connectivity index (χ0v) is 15.8. The molecule has 0 radical (unpaired) electrons. The normalized spacial score (nSPS) is 18.3. The van der Waals surface area contributed by atoms with E-state index in [2.05, 4.69) is 29.4 Å². The number of rotatable bonds is 8. The van der Waals surface area contributed by atoms with Crippen LogP contribution in [0, 0.1) is 5.92 Å². The summed E-state index contributed by atoms with van der Waals surface area (Å²) in [6.45, 7) is 2.52. The molecule has 5 heteroatoms. The molecule has 0 spiro atoms. The molecule has 2 unspecified atom stereocenters. The summed E-state index contributed by atoms with van der Waals surface area (Å²) < 4.78 is 7.24. The number of aliphatic hydroxyl groups is 1. The van der Waals surface area contributed by atoms with E-state index in [-0.39, 0.29) is 18.3 Å². The first kappa shape index (κ1) is 19.3. The second-order valence-corrected chi connectivity index (χ2v) is 8.07. The van der Waals surface area contributed by atoms with Crippen LogP contribution in [0.1, 0.15) is 43.7 Å². The summed E-state index contributed by atoms with van der Waals surface area (Å²) in [5.74, 6) is -0.136. The number of aryl methyl sites for hydroxylation is 1. The van der Waals surface area contributed by atoms with Gasteiger partial charge in [0, 0.05) is 4.90 Å². The predicted octanol–water partition coefficient (Wildman–Crippen LogP) is 3.45. The number of aliphatic hydroxyl groups excluding tert-OH is 1. The minimum Gasteiger partial charge on any atom is -0.466 e. The number of hydrogen-bond acceptors (Lipinski definition) is 5. The van der Waals surface area contributed by atoms with E-state index in [4.69, 9.17) is 4.74 Å². The van der Waals surface area contributed by atoms with Gasteiger partial charge in [-0.1, -0.05) is 19.4 Å². The molecule has 1 aromatic carbocycles. The Hall–Kier alpha value is -1.04. The molecule has 1 N–H and O–H groups in total.